The molecule has 2 aromatic rings. The van der Waals surface area contributed by atoms with Gasteiger partial charge in [-0.05, 0) is 41.6 Å². The summed E-state index contributed by atoms with van der Waals surface area (Å²) in [4.78, 5) is 12.3. The number of hydrogen-bond donors (Lipinski definition) is 2. The zero-order valence-corrected chi connectivity index (χ0v) is 12.8. The number of aryl methyl sites for hydroxylation is 1. The van der Waals surface area contributed by atoms with Gasteiger partial charge in [0.1, 0.15) is 0 Å². The Morgan fingerprint density at radius 1 is 1.42 bits per heavy atom. The highest BCUT2D eigenvalue weighted by Crippen LogP contribution is 2.22. The van der Waals surface area contributed by atoms with Gasteiger partial charge >= 0.3 is 5.97 Å². The fraction of sp³-hybridized carbons (Fsp3) is 0.214. The van der Waals surface area contributed by atoms with Crippen molar-refractivity contribution in [2.45, 2.75) is 19.9 Å². The molecule has 1 aromatic heterocycles. The van der Waals surface area contributed by atoms with E-state index in [0.717, 1.165) is 23.1 Å². The van der Waals surface area contributed by atoms with Gasteiger partial charge in [-0.15, -0.1) is 11.3 Å². The van der Waals surface area contributed by atoms with E-state index in [-0.39, 0.29) is 5.56 Å². The Bertz CT molecular complexity index is 595. The van der Waals surface area contributed by atoms with Gasteiger partial charge < -0.3 is 10.4 Å². The van der Waals surface area contributed by atoms with Crippen LogP contribution >= 0.6 is 27.3 Å². The van der Waals surface area contributed by atoms with Crippen LogP contribution in [0.4, 0.5) is 5.69 Å². The van der Waals surface area contributed by atoms with E-state index in [1.165, 1.54) is 10.4 Å². The molecule has 0 radical (unpaired) electrons. The number of nitrogens with one attached hydrogen (secondary N) is 1. The summed E-state index contributed by atoms with van der Waals surface area (Å²) in [5, 5.41) is 14.4. The van der Waals surface area contributed by atoms with Crippen LogP contribution in [0.2, 0.25) is 0 Å². The van der Waals surface area contributed by atoms with Gasteiger partial charge in [0.05, 0.1) is 5.56 Å². The molecule has 0 amide bonds. The van der Waals surface area contributed by atoms with Crippen molar-refractivity contribution in [3.05, 3.63) is 50.1 Å². The molecular formula is C14H14BrNO2S. The average molecular weight is 340 g/mol. The normalized spacial score (nSPS) is 10.4. The van der Waals surface area contributed by atoms with Crippen molar-refractivity contribution in [1.29, 1.82) is 0 Å². The molecule has 2 rings (SSSR count). The molecule has 5 heteroatoms. The summed E-state index contributed by atoms with van der Waals surface area (Å²) < 4.78 is 0.761. The Labute approximate surface area is 124 Å². The third-order valence-corrected chi connectivity index (χ3v) is 4.24. The number of halogens is 1. The largest absolute Gasteiger partial charge is 0.478 e. The molecule has 0 spiro atoms. The SMILES string of the molecule is CCc1ccsc1CNc1cc(Br)cc(C(=O)O)c1. The maximum absolute atomic E-state index is 11.0. The molecule has 2 N–H and O–H groups in total. The lowest BCUT2D eigenvalue weighted by Crippen LogP contribution is -2.02. The lowest BCUT2D eigenvalue weighted by atomic mass is 10.2. The van der Waals surface area contributed by atoms with Crippen LogP contribution in [0.1, 0.15) is 27.7 Å². The molecule has 1 aromatic carbocycles. The number of benzene rings is 1. The van der Waals surface area contributed by atoms with Crippen molar-refractivity contribution in [1.82, 2.24) is 0 Å². The third kappa shape index (κ3) is 3.58. The summed E-state index contributed by atoms with van der Waals surface area (Å²) in [5.41, 5.74) is 2.42. The van der Waals surface area contributed by atoms with Crippen molar-refractivity contribution >= 4 is 38.9 Å². The monoisotopic (exact) mass is 339 g/mol. The first kappa shape index (κ1) is 14.1. The van der Waals surface area contributed by atoms with E-state index >= 15 is 0 Å². The number of carboxylic acids is 1. The minimum absolute atomic E-state index is 0.277. The molecule has 0 unspecified atom stereocenters. The molecule has 0 aliphatic rings. The predicted octanol–water partition coefficient (Wildman–Crippen LogP) is 4.38. The summed E-state index contributed by atoms with van der Waals surface area (Å²) in [5.74, 6) is -0.922. The van der Waals surface area contributed by atoms with Gasteiger partial charge in [0.2, 0.25) is 0 Å². The number of carbonyl (C=O) groups is 1. The first-order chi connectivity index (χ1) is 9.10. The van der Waals surface area contributed by atoms with Crippen LogP contribution in [0.15, 0.2) is 34.1 Å². The van der Waals surface area contributed by atoms with Crippen molar-refractivity contribution in [3.63, 3.8) is 0 Å². The van der Waals surface area contributed by atoms with E-state index in [4.69, 9.17) is 5.11 Å². The van der Waals surface area contributed by atoms with Crippen LogP contribution in [-0.4, -0.2) is 11.1 Å². The van der Waals surface area contributed by atoms with E-state index in [1.807, 2.05) is 6.07 Å². The van der Waals surface area contributed by atoms with Crippen LogP contribution in [0, 0.1) is 0 Å². The number of anilines is 1. The van der Waals surface area contributed by atoms with Gasteiger partial charge in [0, 0.05) is 21.6 Å². The highest BCUT2D eigenvalue weighted by Gasteiger charge is 2.07. The summed E-state index contributed by atoms with van der Waals surface area (Å²) in [6.07, 6.45) is 1.01. The van der Waals surface area contributed by atoms with Crippen molar-refractivity contribution in [2.24, 2.45) is 0 Å². The van der Waals surface area contributed by atoms with E-state index in [0.29, 0.717) is 0 Å². The molecule has 0 fully saturated rings. The molecular weight excluding hydrogens is 326 g/mol. The van der Waals surface area contributed by atoms with Gasteiger partial charge in [0.25, 0.3) is 0 Å². The van der Waals surface area contributed by atoms with Crippen LogP contribution in [0.25, 0.3) is 0 Å². The summed E-state index contributed by atoms with van der Waals surface area (Å²) in [6.45, 7) is 2.85. The van der Waals surface area contributed by atoms with E-state index in [9.17, 15) is 4.79 Å². The van der Waals surface area contributed by atoms with Crippen LogP contribution < -0.4 is 5.32 Å². The second-order valence-electron chi connectivity index (χ2n) is 4.11. The number of thiophene rings is 1. The molecule has 1 heterocycles. The maximum Gasteiger partial charge on any atom is 0.335 e. The Balaban J connectivity index is 2.13. The lowest BCUT2D eigenvalue weighted by molar-refractivity contribution is 0.0697. The van der Waals surface area contributed by atoms with Crippen molar-refractivity contribution in [3.8, 4) is 0 Å². The Hall–Kier alpha value is -1.33. The summed E-state index contributed by atoms with van der Waals surface area (Å²) >= 11 is 5.04. The molecule has 0 bridgehead atoms. The average Bonchev–Trinajstić information content (AvgIpc) is 2.83. The molecule has 19 heavy (non-hydrogen) atoms. The fourth-order valence-corrected chi connectivity index (χ4v) is 3.24. The fourth-order valence-electron chi connectivity index (χ4n) is 1.83. The highest BCUT2D eigenvalue weighted by atomic mass is 79.9. The molecule has 0 aliphatic heterocycles. The van der Waals surface area contributed by atoms with E-state index < -0.39 is 5.97 Å². The van der Waals surface area contributed by atoms with E-state index in [2.05, 4.69) is 39.6 Å². The van der Waals surface area contributed by atoms with Crippen LogP contribution in [0.3, 0.4) is 0 Å². The van der Waals surface area contributed by atoms with Crippen molar-refractivity contribution in [2.75, 3.05) is 5.32 Å². The number of carboxylic acid groups (broad SMARTS) is 1. The zero-order valence-electron chi connectivity index (χ0n) is 10.4. The zero-order chi connectivity index (χ0) is 13.8. The molecule has 100 valence electrons. The lowest BCUT2D eigenvalue weighted by Gasteiger charge is -2.08. The second kappa shape index (κ2) is 6.21. The standard InChI is InChI=1S/C14H14BrNO2S/c1-2-9-3-4-19-13(9)8-16-12-6-10(14(17)18)5-11(15)7-12/h3-7,16H,2,8H2,1H3,(H,17,18). The molecule has 0 saturated heterocycles. The van der Waals surface area contributed by atoms with Gasteiger partial charge in [-0.1, -0.05) is 22.9 Å². The second-order valence-corrected chi connectivity index (χ2v) is 6.03. The molecule has 3 nitrogen and oxygen atoms in total. The van der Waals surface area contributed by atoms with Gasteiger partial charge in [0.15, 0.2) is 0 Å². The maximum atomic E-state index is 11.0. The van der Waals surface area contributed by atoms with Crippen molar-refractivity contribution < 1.29 is 9.90 Å². The minimum atomic E-state index is -0.922. The Morgan fingerprint density at radius 3 is 2.89 bits per heavy atom. The number of aromatic carboxylic acids is 1. The quantitative estimate of drug-likeness (QED) is 0.849. The molecule has 0 aliphatic carbocycles. The molecule has 0 atom stereocenters. The summed E-state index contributed by atoms with van der Waals surface area (Å²) in [6, 6.07) is 7.25. The number of hydrogen-bond acceptors (Lipinski definition) is 3. The first-order valence-corrected chi connectivity index (χ1v) is 7.60. The molecule has 0 saturated carbocycles. The summed E-state index contributed by atoms with van der Waals surface area (Å²) in [7, 11) is 0. The van der Waals surface area contributed by atoms with Gasteiger partial charge in [-0.3, -0.25) is 0 Å². The third-order valence-electron chi connectivity index (χ3n) is 2.82. The Kier molecular flexibility index (Phi) is 4.61. The highest BCUT2D eigenvalue weighted by molar-refractivity contribution is 9.10. The first-order valence-electron chi connectivity index (χ1n) is 5.93. The topological polar surface area (TPSA) is 49.3 Å². The smallest absolute Gasteiger partial charge is 0.335 e. The van der Waals surface area contributed by atoms with Gasteiger partial charge in [-0.25, -0.2) is 4.79 Å². The Morgan fingerprint density at radius 2 is 2.21 bits per heavy atom. The number of rotatable bonds is 5. The minimum Gasteiger partial charge on any atom is -0.478 e. The van der Waals surface area contributed by atoms with Crippen LogP contribution in [-0.2, 0) is 13.0 Å². The van der Waals surface area contributed by atoms with Gasteiger partial charge in [-0.2, -0.15) is 0 Å². The predicted molar refractivity (Wildman–Crippen MR) is 82.1 cm³/mol. The van der Waals surface area contributed by atoms with Crippen LogP contribution in [0.5, 0.6) is 0 Å². The van der Waals surface area contributed by atoms with E-state index in [1.54, 1.807) is 23.5 Å².